The van der Waals surface area contributed by atoms with E-state index in [1.165, 1.54) is 29.5 Å². The molecule has 3 aromatic rings. The van der Waals surface area contributed by atoms with E-state index in [0.717, 1.165) is 6.42 Å². The quantitative estimate of drug-likeness (QED) is 0.720. The molecular formula is C20H18N4O3. The van der Waals surface area contributed by atoms with Crippen LogP contribution in [0.2, 0.25) is 0 Å². The molecule has 136 valence electrons. The number of rotatable bonds is 5. The minimum Gasteiger partial charge on any atom is -0.478 e. The molecule has 0 amide bonds. The molecule has 2 N–H and O–H groups in total. The van der Waals surface area contributed by atoms with Crippen LogP contribution in [0.5, 0.6) is 0 Å². The first kappa shape index (κ1) is 17.1. The van der Waals surface area contributed by atoms with Crippen LogP contribution in [-0.2, 0) is 11.2 Å². The summed E-state index contributed by atoms with van der Waals surface area (Å²) >= 11 is 0. The van der Waals surface area contributed by atoms with Crippen LogP contribution in [0.1, 0.15) is 27.6 Å². The molecule has 0 unspecified atom stereocenters. The second-order valence-electron chi connectivity index (χ2n) is 6.19. The van der Waals surface area contributed by atoms with Crippen molar-refractivity contribution in [2.45, 2.75) is 12.5 Å². The number of aromatic nitrogens is 3. The van der Waals surface area contributed by atoms with Crippen molar-refractivity contribution in [1.29, 1.82) is 0 Å². The third-order valence-electron chi connectivity index (χ3n) is 4.46. The summed E-state index contributed by atoms with van der Waals surface area (Å²) in [5.74, 6) is -0.555. The number of hydrogen-bond donors (Lipinski definition) is 2. The number of carboxylic acid groups (broad SMARTS) is 1. The number of pyridine rings is 1. The molecule has 0 bridgehead atoms. The van der Waals surface area contributed by atoms with Gasteiger partial charge in [0.25, 0.3) is 0 Å². The number of hydrogen-bond acceptors (Lipinski definition) is 6. The molecule has 0 spiro atoms. The van der Waals surface area contributed by atoms with E-state index in [1.54, 1.807) is 12.3 Å². The van der Waals surface area contributed by atoms with Crippen molar-refractivity contribution in [3.63, 3.8) is 0 Å². The highest BCUT2D eigenvalue weighted by molar-refractivity contribution is 5.88. The van der Waals surface area contributed by atoms with E-state index in [2.05, 4.69) is 32.4 Å². The molecule has 0 saturated carbocycles. The van der Waals surface area contributed by atoms with Crippen molar-refractivity contribution >= 4 is 11.9 Å². The zero-order valence-corrected chi connectivity index (χ0v) is 14.5. The second kappa shape index (κ2) is 7.51. The van der Waals surface area contributed by atoms with Gasteiger partial charge in [0, 0.05) is 18.9 Å². The van der Waals surface area contributed by atoms with Crippen LogP contribution in [0.25, 0.3) is 11.4 Å². The molecule has 27 heavy (non-hydrogen) atoms. The number of ether oxygens (including phenoxy) is 1. The Labute approximate surface area is 156 Å². The number of nitrogens with zero attached hydrogens (tertiary/aromatic N) is 3. The van der Waals surface area contributed by atoms with Crippen LogP contribution in [-0.4, -0.2) is 39.2 Å². The van der Waals surface area contributed by atoms with Gasteiger partial charge in [-0.1, -0.05) is 24.3 Å². The van der Waals surface area contributed by atoms with Gasteiger partial charge in [-0.3, -0.25) is 4.98 Å². The smallest absolute Gasteiger partial charge is 0.335 e. The normalized spacial score (nSPS) is 15.8. The van der Waals surface area contributed by atoms with Crippen molar-refractivity contribution in [3.8, 4) is 11.4 Å². The molecule has 1 aliphatic rings. The Balaban J connectivity index is 1.51. The third kappa shape index (κ3) is 3.78. The fourth-order valence-corrected chi connectivity index (χ4v) is 3.12. The van der Waals surface area contributed by atoms with Crippen molar-refractivity contribution in [2.24, 2.45) is 0 Å². The largest absolute Gasteiger partial charge is 0.478 e. The minimum atomic E-state index is -1.00. The lowest BCUT2D eigenvalue weighted by atomic mass is 9.98. The number of fused-ring (bicyclic) bond motifs is 1. The minimum absolute atomic E-state index is 0.0596. The van der Waals surface area contributed by atoms with Crippen LogP contribution in [0.15, 0.2) is 54.9 Å². The average molecular weight is 362 g/mol. The number of nitrogens with one attached hydrogen (secondary N) is 1. The van der Waals surface area contributed by atoms with E-state index in [1.807, 2.05) is 12.1 Å². The van der Waals surface area contributed by atoms with Crippen LogP contribution >= 0.6 is 0 Å². The van der Waals surface area contributed by atoms with Gasteiger partial charge >= 0.3 is 5.97 Å². The van der Waals surface area contributed by atoms with Gasteiger partial charge in [-0.25, -0.2) is 14.8 Å². The molecule has 1 aromatic carbocycles. The molecule has 0 aliphatic carbocycles. The Hall–Kier alpha value is -3.32. The molecule has 1 aliphatic heterocycles. The molecule has 1 atom stereocenters. The zero-order chi connectivity index (χ0) is 18.6. The molecular weight excluding hydrogens is 344 g/mol. The first-order valence-electron chi connectivity index (χ1n) is 8.67. The maximum Gasteiger partial charge on any atom is 0.335 e. The summed E-state index contributed by atoms with van der Waals surface area (Å²) in [6.07, 6.45) is 3.94. The third-order valence-corrected chi connectivity index (χ3v) is 4.46. The summed E-state index contributed by atoms with van der Waals surface area (Å²) in [4.78, 5) is 24.0. The molecule has 3 heterocycles. The van der Waals surface area contributed by atoms with Gasteiger partial charge in [-0.15, -0.1) is 0 Å². The van der Waals surface area contributed by atoms with Crippen LogP contribution < -0.4 is 5.32 Å². The Morgan fingerprint density at radius 2 is 2.00 bits per heavy atom. The number of carboxylic acids is 1. The van der Waals surface area contributed by atoms with Crippen LogP contribution in [0, 0.1) is 0 Å². The second-order valence-corrected chi connectivity index (χ2v) is 6.19. The maximum atomic E-state index is 11.1. The van der Waals surface area contributed by atoms with Gasteiger partial charge in [0.15, 0.2) is 0 Å². The lowest BCUT2D eigenvalue weighted by Gasteiger charge is -2.26. The monoisotopic (exact) mass is 362 g/mol. The highest BCUT2D eigenvalue weighted by Crippen LogP contribution is 2.27. The fraction of sp³-hybridized carbons (Fsp3) is 0.200. The predicted octanol–water partition coefficient (Wildman–Crippen LogP) is 2.96. The van der Waals surface area contributed by atoms with Gasteiger partial charge < -0.3 is 15.2 Å². The van der Waals surface area contributed by atoms with E-state index in [-0.39, 0.29) is 11.7 Å². The van der Waals surface area contributed by atoms with Gasteiger partial charge in [-0.2, -0.15) is 0 Å². The summed E-state index contributed by atoms with van der Waals surface area (Å²) in [5.41, 5.74) is 3.70. The topological polar surface area (TPSA) is 97.2 Å². The molecule has 7 nitrogen and oxygen atoms in total. The maximum absolute atomic E-state index is 11.1. The van der Waals surface area contributed by atoms with Gasteiger partial charge in [0.2, 0.25) is 5.95 Å². The summed E-state index contributed by atoms with van der Waals surface area (Å²) in [5, 5.41) is 12.3. The predicted molar refractivity (Wildman–Crippen MR) is 99.6 cm³/mol. The highest BCUT2D eigenvalue weighted by atomic mass is 16.5. The lowest BCUT2D eigenvalue weighted by Crippen LogP contribution is -2.23. The summed E-state index contributed by atoms with van der Waals surface area (Å²) in [6.45, 7) is 1.24. The average Bonchev–Trinajstić information content (AvgIpc) is 2.72. The standard InChI is InChI=1S/C20H18N4O3/c25-19(26)14-5-8-21-17(11-14)16-6-9-22-20(24-16)23-12-18-15-4-2-1-3-13(15)7-10-27-18/h1-6,8-9,11,18H,7,10,12H2,(H,25,26)(H,22,23,24)/t18-/m0/s1. The van der Waals surface area contributed by atoms with Crippen molar-refractivity contribution < 1.29 is 14.6 Å². The van der Waals surface area contributed by atoms with E-state index in [0.29, 0.717) is 30.5 Å². The first-order chi connectivity index (χ1) is 13.2. The van der Waals surface area contributed by atoms with Crippen molar-refractivity contribution in [1.82, 2.24) is 15.0 Å². The fourth-order valence-electron chi connectivity index (χ4n) is 3.12. The van der Waals surface area contributed by atoms with Crippen LogP contribution in [0.3, 0.4) is 0 Å². The lowest BCUT2D eigenvalue weighted by molar-refractivity contribution is 0.0512. The van der Waals surface area contributed by atoms with E-state index >= 15 is 0 Å². The van der Waals surface area contributed by atoms with Gasteiger partial charge in [0.05, 0.1) is 23.6 Å². The molecule has 7 heteroatoms. The van der Waals surface area contributed by atoms with E-state index in [9.17, 15) is 4.79 Å². The Morgan fingerprint density at radius 3 is 2.89 bits per heavy atom. The van der Waals surface area contributed by atoms with Gasteiger partial charge in [0.1, 0.15) is 6.10 Å². The number of aromatic carboxylic acids is 1. The molecule has 2 aromatic heterocycles. The Bertz CT molecular complexity index is 977. The summed E-state index contributed by atoms with van der Waals surface area (Å²) in [6, 6.07) is 12.9. The SMILES string of the molecule is O=C(O)c1ccnc(-c2ccnc(NC[C@@H]3OCCc4ccccc43)n2)c1. The highest BCUT2D eigenvalue weighted by Gasteiger charge is 2.20. The zero-order valence-electron chi connectivity index (χ0n) is 14.5. The number of benzene rings is 1. The van der Waals surface area contributed by atoms with Crippen molar-refractivity contribution in [3.05, 3.63) is 71.5 Å². The number of carbonyl (C=O) groups is 1. The summed E-state index contributed by atoms with van der Waals surface area (Å²) in [7, 11) is 0. The molecule has 0 radical (unpaired) electrons. The number of anilines is 1. The van der Waals surface area contributed by atoms with Crippen molar-refractivity contribution in [2.75, 3.05) is 18.5 Å². The Morgan fingerprint density at radius 1 is 1.15 bits per heavy atom. The van der Waals surface area contributed by atoms with E-state index < -0.39 is 5.97 Å². The van der Waals surface area contributed by atoms with Gasteiger partial charge in [-0.05, 0) is 35.7 Å². The summed E-state index contributed by atoms with van der Waals surface area (Å²) < 4.78 is 5.89. The molecule has 4 rings (SSSR count). The van der Waals surface area contributed by atoms with E-state index in [4.69, 9.17) is 9.84 Å². The molecule has 0 saturated heterocycles. The van der Waals surface area contributed by atoms with Crippen LogP contribution in [0.4, 0.5) is 5.95 Å². The first-order valence-corrected chi connectivity index (χ1v) is 8.67. The molecule has 0 fully saturated rings. The Kier molecular flexibility index (Phi) is 4.76.